The van der Waals surface area contributed by atoms with Gasteiger partial charge in [0.2, 0.25) is 0 Å². The maximum absolute atomic E-state index is 9.06. The van der Waals surface area contributed by atoms with Crippen LogP contribution in [0.1, 0.15) is 43.6 Å². The molecule has 0 amide bonds. The van der Waals surface area contributed by atoms with E-state index in [9.17, 15) is 0 Å². The van der Waals surface area contributed by atoms with E-state index in [1.54, 1.807) is 0 Å². The maximum Gasteiger partial charge on any atom is 0.188 e. The molecule has 0 bridgehead atoms. The van der Waals surface area contributed by atoms with Gasteiger partial charge in [-0.3, -0.25) is 0 Å². The number of thioether (sulfide) groups is 1. The largest absolute Gasteiger partial charge is 0.227 e. The van der Waals surface area contributed by atoms with E-state index in [1.165, 1.54) is 11.8 Å². The minimum atomic E-state index is 0.297. The van der Waals surface area contributed by atoms with E-state index in [1.807, 2.05) is 6.26 Å². The van der Waals surface area contributed by atoms with Gasteiger partial charge < -0.3 is 0 Å². The van der Waals surface area contributed by atoms with Crippen molar-refractivity contribution in [3.63, 3.8) is 0 Å². The lowest BCUT2D eigenvalue weighted by molar-refractivity contribution is 0.770. The zero-order valence-electron chi connectivity index (χ0n) is 9.53. The van der Waals surface area contributed by atoms with E-state index in [-0.39, 0.29) is 0 Å². The van der Waals surface area contributed by atoms with Gasteiger partial charge in [-0.2, -0.15) is 5.26 Å². The minimum absolute atomic E-state index is 0.297. The normalized spacial score (nSPS) is 10.4. The first-order valence-corrected chi connectivity index (χ1v) is 6.21. The molecule has 0 aliphatic heterocycles. The zero-order chi connectivity index (χ0) is 11.4. The Labute approximate surface area is 94.9 Å². The van der Waals surface area contributed by atoms with Gasteiger partial charge in [0.15, 0.2) is 5.16 Å². The van der Waals surface area contributed by atoms with Gasteiger partial charge in [-0.15, -0.1) is 0 Å². The predicted octanol–water partition coefficient (Wildman–Crippen LogP) is 2.76. The molecule has 0 aromatic carbocycles. The van der Waals surface area contributed by atoms with Crippen LogP contribution in [0.2, 0.25) is 0 Å². The van der Waals surface area contributed by atoms with Crippen molar-refractivity contribution < 1.29 is 0 Å². The van der Waals surface area contributed by atoms with Crippen LogP contribution in [0.4, 0.5) is 0 Å². The van der Waals surface area contributed by atoms with Crippen LogP contribution in [0.15, 0.2) is 5.16 Å². The number of nitriles is 1. The zero-order valence-corrected chi connectivity index (χ0v) is 10.4. The van der Waals surface area contributed by atoms with Gasteiger partial charge in [0.05, 0.1) is 0 Å². The summed E-state index contributed by atoms with van der Waals surface area (Å²) < 4.78 is 0. The molecule has 1 aromatic heterocycles. The molecule has 0 aliphatic carbocycles. The maximum atomic E-state index is 9.06. The van der Waals surface area contributed by atoms with Gasteiger partial charge in [-0.1, -0.05) is 32.5 Å². The summed E-state index contributed by atoms with van der Waals surface area (Å²) in [7, 11) is 0. The Bertz CT molecular complexity index is 394. The summed E-state index contributed by atoms with van der Waals surface area (Å²) >= 11 is 1.47. The summed E-state index contributed by atoms with van der Waals surface area (Å²) in [4.78, 5) is 8.67. The quantitative estimate of drug-likeness (QED) is 0.581. The second-order valence-corrected chi connectivity index (χ2v) is 4.31. The number of rotatable bonds is 3. The molecular formula is C11H15N3S. The Morgan fingerprint density at radius 1 is 1.40 bits per heavy atom. The number of aromatic nitrogens is 2. The highest BCUT2D eigenvalue weighted by molar-refractivity contribution is 7.98. The van der Waals surface area contributed by atoms with Crippen molar-refractivity contribution >= 4 is 11.8 Å². The number of hydrogen-bond donors (Lipinski definition) is 0. The van der Waals surface area contributed by atoms with Crippen molar-refractivity contribution in [1.82, 2.24) is 9.97 Å². The SMILES string of the molecule is CCc1nc(SC)nc(C#N)c1C(C)C. The Morgan fingerprint density at radius 3 is 2.47 bits per heavy atom. The van der Waals surface area contributed by atoms with E-state index in [0.717, 1.165) is 17.7 Å². The summed E-state index contributed by atoms with van der Waals surface area (Å²) in [5.74, 6) is 0.297. The first kappa shape index (κ1) is 12.0. The summed E-state index contributed by atoms with van der Waals surface area (Å²) in [6, 6.07) is 2.16. The lowest BCUT2D eigenvalue weighted by atomic mass is 9.98. The van der Waals surface area contributed by atoms with Gasteiger partial charge >= 0.3 is 0 Å². The van der Waals surface area contributed by atoms with Gasteiger partial charge in [0.25, 0.3) is 0 Å². The van der Waals surface area contributed by atoms with Crippen molar-refractivity contribution in [2.45, 2.75) is 38.3 Å². The molecule has 0 saturated carbocycles. The van der Waals surface area contributed by atoms with Crippen LogP contribution in [-0.2, 0) is 6.42 Å². The number of nitrogens with zero attached hydrogens (tertiary/aromatic N) is 3. The Hall–Kier alpha value is -1.08. The topological polar surface area (TPSA) is 49.6 Å². The Morgan fingerprint density at radius 2 is 2.07 bits per heavy atom. The van der Waals surface area contributed by atoms with Crippen LogP contribution >= 0.6 is 11.8 Å². The van der Waals surface area contributed by atoms with Crippen LogP contribution in [0.25, 0.3) is 0 Å². The van der Waals surface area contributed by atoms with Crippen molar-refractivity contribution in [2.24, 2.45) is 0 Å². The fraction of sp³-hybridized carbons (Fsp3) is 0.545. The van der Waals surface area contributed by atoms with E-state index in [0.29, 0.717) is 16.8 Å². The third-order valence-electron chi connectivity index (χ3n) is 2.20. The smallest absolute Gasteiger partial charge is 0.188 e. The molecule has 80 valence electrons. The highest BCUT2D eigenvalue weighted by atomic mass is 32.2. The fourth-order valence-corrected chi connectivity index (χ4v) is 1.93. The predicted molar refractivity (Wildman–Crippen MR) is 62.0 cm³/mol. The lowest BCUT2D eigenvalue weighted by Crippen LogP contribution is -2.06. The average molecular weight is 221 g/mol. The van der Waals surface area contributed by atoms with Gasteiger partial charge in [-0.25, -0.2) is 9.97 Å². The van der Waals surface area contributed by atoms with Crippen molar-refractivity contribution in [3.8, 4) is 6.07 Å². The van der Waals surface area contributed by atoms with Crippen LogP contribution in [0, 0.1) is 11.3 Å². The number of aryl methyl sites for hydroxylation is 1. The van der Waals surface area contributed by atoms with Gasteiger partial charge in [0, 0.05) is 11.3 Å². The summed E-state index contributed by atoms with van der Waals surface area (Å²) in [6.07, 6.45) is 2.77. The molecule has 0 atom stereocenters. The third kappa shape index (κ3) is 2.48. The van der Waals surface area contributed by atoms with Crippen molar-refractivity contribution in [1.29, 1.82) is 5.26 Å². The lowest BCUT2D eigenvalue weighted by Gasteiger charge is -2.12. The molecule has 1 rings (SSSR count). The molecule has 0 N–H and O–H groups in total. The van der Waals surface area contributed by atoms with Crippen molar-refractivity contribution in [2.75, 3.05) is 6.26 Å². The highest BCUT2D eigenvalue weighted by Gasteiger charge is 2.15. The van der Waals surface area contributed by atoms with Crippen LogP contribution in [0.5, 0.6) is 0 Å². The van der Waals surface area contributed by atoms with E-state index in [4.69, 9.17) is 5.26 Å². The molecule has 0 radical (unpaired) electrons. The van der Waals surface area contributed by atoms with E-state index < -0.39 is 0 Å². The van der Waals surface area contributed by atoms with Crippen LogP contribution < -0.4 is 0 Å². The monoisotopic (exact) mass is 221 g/mol. The molecule has 3 nitrogen and oxygen atoms in total. The van der Waals surface area contributed by atoms with Gasteiger partial charge in [-0.05, 0) is 18.6 Å². The van der Waals surface area contributed by atoms with Gasteiger partial charge in [0.1, 0.15) is 11.8 Å². The summed E-state index contributed by atoms with van der Waals surface area (Å²) in [5.41, 5.74) is 2.53. The highest BCUT2D eigenvalue weighted by Crippen LogP contribution is 2.23. The summed E-state index contributed by atoms with van der Waals surface area (Å²) in [5, 5.41) is 9.75. The first-order chi connectivity index (χ1) is 7.13. The molecule has 0 aliphatic rings. The molecular weight excluding hydrogens is 206 g/mol. The second kappa shape index (κ2) is 5.13. The average Bonchev–Trinajstić information content (AvgIpc) is 2.26. The fourth-order valence-electron chi connectivity index (χ4n) is 1.55. The molecule has 0 fully saturated rings. The standard InChI is InChI=1S/C11H15N3S/c1-5-8-10(7(2)3)9(6-12)14-11(13-8)15-4/h7H,5H2,1-4H3. The summed E-state index contributed by atoms with van der Waals surface area (Å²) in [6.45, 7) is 6.19. The Balaban J connectivity index is 3.41. The molecule has 15 heavy (non-hydrogen) atoms. The third-order valence-corrected chi connectivity index (χ3v) is 2.75. The minimum Gasteiger partial charge on any atom is -0.227 e. The molecule has 0 spiro atoms. The molecule has 4 heteroatoms. The molecule has 1 aromatic rings. The van der Waals surface area contributed by atoms with E-state index >= 15 is 0 Å². The molecule has 0 unspecified atom stereocenters. The molecule has 0 saturated heterocycles. The van der Waals surface area contributed by atoms with E-state index in [2.05, 4.69) is 36.8 Å². The Kier molecular flexibility index (Phi) is 4.10. The number of hydrogen-bond acceptors (Lipinski definition) is 4. The van der Waals surface area contributed by atoms with Crippen molar-refractivity contribution in [3.05, 3.63) is 17.0 Å². The molecule has 1 heterocycles. The second-order valence-electron chi connectivity index (χ2n) is 3.54. The first-order valence-electron chi connectivity index (χ1n) is 4.98. The van der Waals surface area contributed by atoms with Crippen LogP contribution in [-0.4, -0.2) is 16.2 Å². The van der Waals surface area contributed by atoms with Crippen LogP contribution in [0.3, 0.4) is 0 Å².